The largest absolute Gasteiger partial charge is 0.341 e. The van der Waals surface area contributed by atoms with Gasteiger partial charge in [0, 0.05) is 37.0 Å². The number of aromatic nitrogens is 2. The molecule has 1 fully saturated rings. The molecule has 0 N–H and O–H groups in total. The fraction of sp³-hybridized carbons (Fsp3) is 0.667. The molecule has 0 bridgehead atoms. The first-order valence-corrected chi connectivity index (χ1v) is 6.55. The Kier molecular flexibility index (Phi) is 3.76. The van der Waals surface area contributed by atoms with Gasteiger partial charge in [-0.15, -0.1) is 0 Å². The fourth-order valence-corrected chi connectivity index (χ4v) is 2.63. The molecule has 1 unspecified atom stereocenters. The third-order valence-electron chi connectivity index (χ3n) is 3.10. The number of nitrogens with zero attached hydrogens (tertiary/aromatic N) is 3. The first-order valence-electron chi connectivity index (χ1n) is 6.03. The molecule has 0 radical (unpaired) electrons. The first-order chi connectivity index (χ1) is 8.06. The summed E-state index contributed by atoms with van der Waals surface area (Å²) in [7, 11) is 0. The number of amides is 1. The Morgan fingerprint density at radius 3 is 2.76 bits per heavy atom. The van der Waals surface area contributed by atoms with Gasteiger partial charge in [-0.3, -0.25) is 9.48 Å². The molecule has 0 saturated carbocycles. The highest BCUT2D eigenvalue weighted by atomic mass is 32.1. The molecule has 0 aliphatic carbocycles. The third-order valence-corrected chi connectivity index (χ3v) is 3.44. The van der Waals surface area contributed by atoms with Crippen molar-refractivity contribution < 1.29 is 4.79 Å². The highest BCUT2D eigenvalue weighted by molar-refractivity contribution is 7.81. The van der Waals surface area contributed by atoms with Crippen molar-refractivity contribution >= 4 is 18.5 Å². The van der Waals surface area contributed by atoms with Gasteiger partial charge >= 0.3 is 0 Å². The molecule has 1 saturated heterocycles. The average Bonchev–Trinajstić information content (AvgIpc) is 2.71. The summed E-state index contributed by atoms with van der Waals surface area (Å²) in [5.41, 5.74) is 2.23. The van der Waals surface area contributed by atoms with E-state index in [2.05, 4.69) is 30.7 Å². The summed E-state index contributed by atoms with van der Waals surface area (Å²) in [5, 5.41) is 4.63. The van der Waals surface area contributed by atoms with Crippen LogP contribution in [0.2, 0.25) is 0 Å². The molecule has 2 heterocycles. The molecule has 2 rings (SSSR count). The van der Waals surface area contributed by atoms with Crippen molar-refractivity contribution in [1.82, 2.24) is 14.7 Å². The van der Waals surface area contributed by atoms with Gasteiger partial charge in [-0.05, 0) is 26.3 Å². The number of aryl methyl sites for hydroxylation is 3. The molecule has 1 aliphatic heterocycles. The zero-order chi connectivity index (χ0) is 12.4. The first kappa shape index (κ1) is 12.5. The smallest absolute Gasteiger partial charge is 0.223 e. The molecular formula is C12H19N3OS. The summed E-state index contributed by atoms with van der Waals surface area (Å²) < 4.78 is 2.01. The highest BCUT2D eigenvalue weighted by Crippen LogP contribution is 2.16. The summed E-state index contributed by atoms with van der Waals surface area (Å²) in [5.74, 6) is 0.235. The van der Waals surface area contributed by atoms with Crippen LogP contribution in [0.25, 0.3) is 0 Å². The van der Waals surface area contributed by atoms with E-state index in [1.807, 2.05) is 16.5 Å². The Bertz CT molecular complexity index is 416. The lowest BCUT2D eigenvalue weighted by Crippen LogP contribution is -2.27. The zero-order valence-electron chi connectivity index (χ0n) is 10.4. The van der Waals surface area contributed by atoms with E-state index in [-0.39, 0.29) is 11.2 Å². The summed E-state index contributed by atoms with van der Waals surface area (Å²) in [6.45, 7) is 6.54. The minimum Gasteiger partial charge on any atom is -0.341 e. The van der Waals surface area contributed by atoms with Crippen molar-refractivity contribution in [2.45, 2.75) is 38.5 Å². The fourth-order valence-electron chi connectivity index (χ4n) is 2.28. The van der Waals surface area contributed by atoms with Gasteiger partial charge in [-0.2, -0.15) is 17.7 Å². The van der Waals surface area contributed by atoms with Gasteiger partial charge in [0.25, 0.3) is 0 Å². The van der Waals surface area contributed by atoms with Gasteiger partial charge in [-0.25, -0.2) is 0 Å². The molecule has 94 valence electrons. The van der Waals surface area contributed by atoms with E-state index < -0.39 is 0 Å². The Morgan fingerprint density at radius 1 is 1.47 bits per heavy atom. The van der Waals surface area contributed by atoms with Crippen LogP contribution in [0, 0.1) is 13.8 Å². The van der Waals surface area contributed by atoms with Crippen molar-refractivity contribution in [2.75, 3.05) is 13.1 Å². The maximum atomic E-state index is 11.6. The average molecular weight is 253 g/mol. The minimum atomic E-state index is 0.219. The van der Waals surface area contributed by atoms with Gasteiger partial charge < -0.3 is 4.90 Å². The zero-order valence-corrected chi connectivity index (χ0v) is 11.3. The van der Waals surface area contributed by atoms with E-state index >= 15 is 0 Å². The van der Waals surface area contributed by atoms with Crippen LogP contribution in [-0.4, -0.2) is 38.9 Å². The maximum Gasteiger partial charge on any atom is 0.223 e. The number of carbonyl (C=O) groups excluding carboxylic acids is 1. The van der Waals surface area contributed by atoms with E-state index in [0.29, 0.717) is 6.42 Å². The van der Waals surface area contributed by atoms with Crippen LogP contribution < -0.4 is 0 Å². The molecule has 1 aliphatic rings. The molecule has 0 spiro atoms. The van der Waals surface area contributed by atoms with Crippen LogP contribution in [0.3, 0.4) is 0 Å². The van der Waals surface area contributed by atoms with E-state index in [0.717, 1.165) is 31.7 Å². The van der Waals surface area contributed by atoms with Crippen LogP contribution in [0.15, 0.2) is 6.07 Å². The second-order valence-electron chi connectivity index (χ2n) is 4.70. The van der Waals surface area contributed by atoms with E-state index in [1.165, 1.54) is 5.69 Å². The topological polar surface area (TPSA) is 38.1 Å². The van der Waals surface area contributed by atoms with Crippen molar-refractivity contribution in [3.8, 4) is 0 Å². The van der Waals surface area contributed by atoms with Gasteiger partial charge in [0.15, 0.2) is 0 Å². The van der Waals surface area contributed by atoms with Crippen LogP contribution in [0.1, 0.15) is 24.2 Å². The van der Waals surface area contributed by atoms with Crippen LogP contribution in [0.5, 0.6) is 0 Å². The maximum absolute atomic E-state index is 11.6. The van der Waals surface area contributed by atoms with Crippen LogP contribution >= 0.6 is 12.6 Å². The second-order valence-corrected chi connectivity index (χ2v) is 5.43. The predicted octanol–water partition coefficient (Wildman–Crippen LogP) is 1.42. The number of thiol groups is 1. The molecule has 5 heteroatoms. The van der Waals surface area contributed by atoms with Crippen LogP contribution in [0.4, 0.5) is 0 Å². The van der Waals surface area contributed by atoms with Gasteiger partial charge in [0.2, 0.25) is 5.91 Å². The van der Waals surface area contributed by atoms with Crippen molar-refractivity contribution in [1.29, 1.82) is 0 Å². The Balaban J connectivity index is 1.80. The van der Waals surface area contributed by atoms with Gasteiger partial charge in [0.05, 0.1) is 5.69 Å². The van der Waals surface area contributed by atoms with E-state index in [1.54, 1.807) is 0 Å². The molecule has 4 nitrogen and oxygen atoms in total. The number of hydrogen-bond donors (Lipinski definition) is 1. The second kappa shape index (κ2) is 5.12. The Hall–Kier alpha value is -0.970. The third kappa shape index (κ3) is 3.03. The summed E-state index contributed by atoms with van der Waals surface area (Å²) in [6, 6.07) is 2.07. The molecule has 1 aromatic rings. The molecule has 1 atom stereocenters. The lowest BCUT2D eigenvalue weighted by molar-refractivity contribution is -0.127. The van der Waals surface area contributed by atoms with Gasteiger partial charge in [-0.1, -0.05) is 0 Å². The Morgan fingerprint density at radius 2 is 2.24 bits per heavy atom. The molecule has 1 aromatic heterocycles. The number of hydrogen-bond acceptors (Lipinski definition) is 3. The van der Waals surface area contributed by atoms with Crippen LogP contribution in [-0.2, 0) is 11.3 Å². The van der Waals surface area contributed by atoms with Crippen molar-refractivity contribution in [3.05, 3.63) is 17.5 Å². The normalized spacial score (nSPS) is 20.3. The van der Waals surface area contributed by atoms with E-state index in [9.17, 15) is 4.79 Å². The Labute approximate surface area is 107 Å². The minimum absolute atomic E-state index is 0.219. The summed E-state index contributed by atoms with van der Waals surface area (Å²) >= 11 is 4.34. The van der Waals surface area contributed by atoms with E-state index in [4.69, 9.17) is 0 Å². The summed E-state index contributed by atoms with van der Waals surface area (Å²) in [4.78, 5) is 13.5. The quantitative estimate of drug-likeness (QED) is 0.824. The monoisotopic (exact) mass is 253 g/mol. The standard InChI is InChI=1S/C12H19N3OS/c1-9-6-10(2)15(13-9)5-3-4-14-8-11(17)7-12(14)16/h6,11,17H,3-5,7-8H2,1-2H3. The molecule has 0 aromatic carbocycles. The number of carbonyl (C=O) groups is 1. The lowest BCUT2D eigenvalue weighted by atomic mass is 10.3. The van der Waals surface area contributed by atoms with Gasteiger partial charge in [0.1, 0.15) is 0 Å². The molecule has 1 amide bonds. The molecular weight excluding hydrogens is 234 g/mol. The molecule has 17 heavy (non-hydrogen) atoms. The predicted molar refractivity (Wildman–Crippen MR) is 70.3 cm³/mol. The van der Waals surface area contributed by atoms with Crippen molar-refractivity contribution in [2.24, 2.45) is 0 Å². The number of likely N-dealkylation sites (tertiary alicyclic amines) is 1. The summed E-state index contributed by atoms with van der Waals surface area (Å²) in [6.07, 6.45) is 1.54. The van der Waals surface area contributed by atoms with Crippen molar-refractivity contribution in [3.63, 3.8) is 0 Å². The highest BCUT2D eigenvalue weighted by Gasteiger charge is 2.26. The number of rotatable bonds is 4. The lowest BCUT2D eigenvalue weighted by Gasteiger charge is -2.15. The SMILES string of the molecule is Cc1cc(C)n(CCCN2CC(S)CC2=O)n1.